The lowest BCUT2D eigenvalue weighted by Gasteiger charge is -2.23. The van der Waals surface area contributed by atoms with E-state index in [1.165, 1.54) is 11.3 Å². The quantitative estimate of drug-likeness (QED) is 0.297. The van der Waals surface area contributed by atoms with Crippen LogP contribution in [0, 0.1) is 0 Å². The molecular weight excluding hydrogens is 456 g/mol. The Kier molecular flexibility index (Phi) is 7.40. The van der Waals surface area contributed by atoms with Gasteiger partial charge in [0.25, 0.3) is 0 Å². The highest BCUT2D eigenvalue weighted by atomic mass is 32.1. The van der Waals surface area contributed by atoms with Gasteiger partial charge in [0.1, 0.15) is 17.0 Å². The summed E-state index contributed by atoms with van der Waals surface area (Å²) in [5, 5.41) is 9.47. The number of benzene rings is 1. The van der Waals surface area contributed by atoms with Gasteiger partial charge in [0.2, 0.25) is 0 Å². The highest BCUT2D eigenvalue weighted by Gasteiger charge is 2.24. The third-order valence-electron chi connectivity index (χ3n) is 4.54. The number of rotatable bonds is 6. The fraction of sp³-hybridized carbons (Fsp3) is 0.458. The molecule has 1 amide bonds. The molecule has 3 N–H and O–H groups in total. The molecule has 0 aliphatic rings. The fourth-order valence-corrected chi connectivity index (χ4v) is 3.94. The molecule has 0 fully saturated rings. The Morgan fingerprint density at radius 3 is 2.44 bits per heavy atom. The second-order valence-corrected chi connectivity index (χ2v) is 10.7. The van der Waals surface area contributed by atoms with Crippen LogP contribution in [0.1, 0.15) is 58.8 Å². The second-order valence-electron chi connectivity index (χ2n) is 9.82. The summed E-state index contributed by atoms with van der Waals surface area (Å²) >= 11 is 1.45. The Morgan fingerprint density at radius 2 is 1.82 bits per heavy atom. The van der Waals surface area contributed by atoms with Crippen molar-refractivity contribution in [2.75, 3.05) is 12.4 Å². The summed E-state index contributed by atoms with van der Waals surface area (Å²) in [7, 11) is 1.80. The number of aromatic amines is 1. The molecule has 1 atom stereocenters. The zero-order chi connectivity index (χ0) is 25.1. The van der Waals surface area contributed by atoms with Crippen molar-refractivity contribution in [2.24, 2.45) is 0 Å². The van der Waals surface area contributed by atoms with Crippen LogP contribution in [0.15, 0.2) is 29.8 Å². The topological polar surface area (TPSA) is 115 Å². The SMILES string of the molecule is CNc1nc([C@H](Cc2c[nH]c3ccc(OC(=O)OC(C)(C)C)cc23)NC(=O)OC(C)(C)C)cs1. The van der Waals surface area contributed by atoms with Gasteiger partial charge in [-0.05, 0) is 65.3 Å². The molecule has 0 saturated carbocycles. The lowest BCUT2D eigenvalue weighted by atomic mass is 10.0. The van der Waals surface area contributed by atoms with Gasteiger partial charge in [-0.25, -0.2) is 14.6 Å². The molecule has 10 heteroatoms. The highest BCUT2D eigenvalue weighted by Crippen LogP contribution is 2.29. The average Bonchev–Trinajstić information content (AvgIpc) is 3.31. The van der Waals surface area contributed by atoms with Crippen LogP contribution in [-0.4, -0.2) is 40.5 Å². The number of nitrogens with zero attached hydrogens (tertiary/aromatic N) is 1. The van der Waals surface area contributed by atoms with E-state index in [2.05, 4.69) is 20.6 Å². The lowest BCUT2D eigenvalue weighted by molar-refractivity contribution is 0.0206. The maximum absolute atomic E-state index is 12.5. The van der Waals surface area contributed by atoms with E-state index in [1.54, 1.807) is 40.0 Å². The average molecular weight is 489 g/mol. The molecule has 0 bridgehead atoms. The number of ether oxygens (including phenoxy) is 3. The predicted octanol–water partition coefficient (Wildman–Crippen LogP) is 5.79. The Labute approximate surface area is 203 Å². The summed E-state index contributed by atoms with van der Waals surface area (Å²) in [6.45, 7) is 10.8. The van der Waals surface area contributed by atoms with Crippen LogP contribution >= 0.6 is 11.3 Å². The number of amides is 1. The standard InChI is InChI=1S/C24H32N4O5S/c1-23(2,3)32-21(29)28-18(19-13-34-20(25-7)27-19)10-14-12-26-17-9-8-15(11-16(14)17)31-22(30)33-24(4,5)6/h8-9,11-13,18,26H,10H2,1-7H3,(H,25,27)(H,28,29)/t18-/m0/s1. The molecule has 0 saturated heterocycles. The molecule has 2 aromatic heterocycles. The minimum absolute atomic E-state index is 0.366. The first-order valence-corrected chi connectivity index (χ1v) is 11.8. The first kappa shape index (κ1) is 25.4. The van der Waals surface area contributed by atoms with E-state index in [0.29, 0.717) is 12.2 Å². The van der Waals surface area contributed by atoms with E-state index in [-0.39, 0.29) is 0 Å². The summed E-state index contributed by atoms with van der Waals surface area (Å²) < 4.78 is 16.1. The Balaban J connectivity index is 1.86. The minimum Gasteiger partial charge on any atom is -0.444 e. The molecule has 0 spiro atoms. The summed E-state index contributed by atoms with van der Waals surface area (Å²) in [4.78, 5) is 32.4. The Bertz CT molecular complexity index is 1160. The number of H-pyrrole nitrogens is 1. The van der Waals surface area contributed by atoms with Crippen LogP contribution < -0.4 is 15.4 Å². The van der Waals surface area contributed by atoms with Crippen molar-refractivity contribution in [2.45, 2.75) is 65.2 Å². The van der Waals surface area contributed by atoms with E-state index < -0.39 is 29.5 Å². The summed E-state index contributed by atoms with van der Waals surface area (Å²) in [5.74, 6) is 0.366. The number of aromatic nitrogens is 2. The zero-order valence-electron chi connectivity index (χ0n) is 20.6. The predicted molar refractivity (Wildman–Crippen MR) is 133 cm³/mol. The van der Waals surface area contributed by atoms with E-state index in [9.17, 15) is 9.59 Å². The van der Waals surface area contributed by atoms with Crippen molar-refractivity contribution >= 4 is 39.6 Å². The van der Waals surface area contributed by atoms with Crippen LogP contribution in [0.5, 0.6) is 5.75 Å². The van der Waals surface area contributed by atoms with E-state index in [0.717, 1.165) is 27.3 Å². The minimum atomic E-state index is -0.768. The van der Waals surface area contributed by atoms with Crippen LogP contribution in [0.4, 0.5) is 14.7 Å². The number of nitrogens with one attached hydrogen (secondary N) is 3. The number of fused-ring (bicyclic) bond motifs is 1. The van der Waals surface area contributed by atoms with Gasteiger partial charge in [-0.3, -0.25) is 0 Å². The number of thiazole rings is 1. The fourth-order valence-electron chi connectivity index (χ4n) is 3.22. The van der Waals surface area contributed by atoms with Crippen molar-refractivity contribution < 1.29 is 23.8 Å². The van der Waals surface area contributed by atoms with Crippen molar-refractivity contribution in [3.8, 4) is 5.75 Å². The van der Waals surface area contributed by atoms with Crippen molar-refractivity contribution in [3.63, 3.8) is 0 Å². The van der Waals surface area contributed by atoms with Gasteiger partial charge in [-0.15, -0.1) is 11.3 Å². The second kappa shape index (κ2) is 9.92. The van der Waals surface area contributed by atoms with Crippen molar-refractivity contribution in [1.29, 1.82) is 0 Å². The van der Waals surface area contributed by atoms with Crippen LogP contribution in [0.25, 0.3) is 10.9 Å². The summed E-state index contributed by atoms with van der Waals surface area (Å²) in [6.07, 6.45) is 1.03. The number of carbonyl (C=O) groups excluding carboxylic acids is 2. The number of alkyl carbamates (subject to hydrolysis) is 1. The molecule has 0 aliphatic carbocycles. The number of hydrogen-bond acceptors (Lipinski definition) is 8. The van der Waals surface area contributed by atoms with Crippen LogP contribution in [-0.2, 0) is 15.9 Å². The number of carbonyl (C=O) groups is 2. The van der Waals surface area contributed by atoms with E-state index in [4.69, 9.17) is 14.2 Å². The highest BCUT2D eigenvalue weighted by molar-refractivity contribution is 7.13. The monoisotopic (exact) mass is 488 g/mol. The zero-order valence-corrected chi connectivity index (χ0v) is 21.4. The van der Waals surface area contributed by atoms with Crippen LogP contribution in [0.2, 0.25) is 0 Å². The third kappa shape index (κ3) is 7.11. The van der Waals surface area contributed by atoms with Gasteiger partial charge in [0.15, 0.2) is 5.13 Å². The maximum atomic E-state index is 12.5. The van der Waals surface area contributed by atoms with Gasteiger partial charge >= 0.3 is 12.2 Å². The molecule has 0 radical (unpaired) electrons. The molecule has 34 heavy (non-hydrogen) atoms. The normalized spacial score (nSPS) is 12.8. The first-order valence-electron chi connectivity index (χ1n) is 11.0. The van der Waals surface area contributed by atoms with E-state index >= 15 is 0 Å². The molecule has 184 valence electrons. The molecule has 3 rings (SSSR count). The molecule has 1 aromatic carbocycles. The molecule has 2 heterocycles. The number of anilines is 1. The summed E-state index contributed by atoms with van der Waals surface area (Å²) in [6, 6.07) is 4.87. The maximum Gasteiger partial charge on any atom is 0.514 e. The molecule has 9 nitrogen and oxygen atoms in total. The molecular formula is C24H32N4O5S. The molecule has 3 aromatic rings. The molecule has 0 unspecified atom stereocenters. The van der Waals surface area contributed by atoms with Gasteiger partial charge in [0.05, 0.1) is 11.7 Å². The van der Waals surface area contributed by atoms with Gasteiger partial charge < -0.3 is 29.8 Å². The molecule has 0 aliphatic heterocycles. The van der Waals surface area contributed by atoms with Crippen LogP contribution in [0.3, 0.4) is 0 Å². The summed E-state index contributed by atoms with van der Waals surface area (Å²) in [5.41, 5.74) is 1.24. The Morgan fingerprint density at radius 1 is 1.12 bits per heavy atom. The lowest BCUT2D eigenvalue weighted by Crippen LogP contribution is -2.35. The smallest absolute Gasteiger partial charge is 0.444 e. The van der Waals surface area contributed by atoms with Gasteiger partial charge in [0, 0.05) is 35.9 Å². The van der Waals surface area contributed by atoms with Gasteiger partial charge in [-0.2, -0.15) is 0 Å². The van der Waals surface area contributed by atoms with E-state index in [1.807, 2.05) is 38.4 Å². The number of hydrogen-bond donors (Lipinski definition) is 3. The third-order valence-corrected chi connectivity index (χ3v) is 5.42. The first-order chi connectivity index (χ1) is 15.8. The Hall–Kier alpha value is -3.27. The van der Waals surface area contributed by atoms with Gasteiger partial charge in [-0.1, -0.05) is 0 Å². The largest absolute Gasteiger partial charge is 0.514 e. The van der Waals surface area contributed by atoms with Crippen molar-refractivity contribution in [3.05, 3.63) is 41.0 Å². The van der Waals surface area contributed by atoms with Crippen molar-refractivity contribution in [1.82, 2.24) is 15.3 Å².